The Labute approximate surface area is 159 Å². The Hall–Kier alpha value is -3.96. The molecule has 1 aromatic heterocycles. The number of carbonyl (C=O) groups excluding carboxylic acids is 1. The molecule has 0 bridgehead atoms. The van der Waals surface area contributed by atoms with Crippen LogP contribution in [0.3, 0.4) is 0 Å². The number of fused-ring (bicyclic) bond motifs is 1. The summed E-state index contributed by atoms with van der Waals surface area (Å²) in [6.07, 6.45) is -3.71. The van der Waals surface area contributed by atoms with Gasteiger partial charge in [0.25, 0.3) is 11.2 Å². The number of hydrogen-bond acceptors (Lipinski definition) is 6. The van der Waals surface area contributed by atoms with Crippen LogP contribution < -0.4 is 15.6 Å². The lowest BCUT2D eigenvalue weighted by Gasteiger charge is -2.10. The van der Waals surface area contributed by atoms with Crippen molar-refractivity contribution in [2.45, 2.75) is 12.9 Å². The van der Waals surface area contributed by atoms with E-state index < -0.39 is 35.0 Å². The topological polar surface area (TPSA) is 116 Å². The number of aromatic nitrogens is 2. The predicted octanol–water partition coefficient (Wildman–Crippen LogP) is 2.84. The molecule has 12 heteroatoms. The molecule has 0 aliphatic rings. The number of nitro groups is 1. The Balaban J connectivity index is 1.75. The number of nitrogens with one attached hydrogen (secondary N) is 1. The molecule has 0 saturated carbocycles. The van der Waals surface area contributed by atoms with Crippen molar-refractivity contribution in [3.8, 4) is 5.75 Å². The van der Waals surface area contributed by atoms with Crippen LogP contribution >= 0.6 is 0 Å². The molecule has 0 atom stereocenters. The maximum Gasteiger partial charge on any atom is 0.573 e. The van der Waals surface area contributed by atoms with Gasteiger partial charge >= 0.3 is 6.36 Å². The van der Waals surface area contributed by atoms with Crippen molar-refractivity contribution >= 4 is 28.2 Å². The Kier molecular flexibility index (Phi) is 5.17. The molecule has 0 saturated heterocycles. The molecule has 2 aromatic carbocycles. The predicted molar refractivity (Wildman–Crippen MR) is 94.4 cm³/mol. The summed E-state index contributed by atoms with van der Waals surface area (Å²) in [6.45, 7) is -0.453. The van der Waals surface area contributed by atoms with E-state index in [4.69, 9.17) is 0 Å². The number of nitro benzene ring substituents is 1. The fourth-order valence-electron chi connectivity index (χ4n) is 2.47. The summed E-state index contributed by atoms with van der Waals surface area (Å²) >= 11 is 0. The van der Waals surface area contributed by atoms with Crippen LogP contribution in [-0.4, -0.2) is 26.7 Å². The third-order valence-corrected chi connectivity index (χ3v) is 3.70. The molecule has 3 rings (SSSR count). The minimum absolute atomic E-state index is 0.0249. The summed E-state index contributed by atoms with van der Waals surface area (Å²) in [5.41, 5.74) is -0.526. The quantitative estimate of drug-likeness (QED) is 0.513. The number of benzene rings is 2. The molecule has 0 unspecified atom stereocenters. The molecule has 9 nitrogen and oxygen atoms in total. The number of ether oxygens (including phenoxy) is 1. The maximum atomic E-state index is 12.5. The molecule has 0 radical (unpaired) electrons. The van der Waals surface area contributed by atoms with Crippen LogP contribution in [0.2, 0.25) is 0 Å². The van der Waals surface area contributed by atoms with Crippen molar-refractivity contribution in [1.82, 2.24) is 9.55 Å². The van der Waals surface area contributed by atoms with E-state index in [9.17, 15) is 32.9 Å². The highest BCUT2D eigenvalue weighted by Gasteiger charge is 2.30. The second-order valence-electron chi connectivity index (χ2n) is 5.76. The highest BCUT2D eigenvalue weighted by atomic mass is 19.4. The summed E-state index contributed by atoms with van der Waals surface area (Å²) in [5, 5.41) is 13.3. The molecule has 0 aliphatic carbocycles. The van der Waals surface area contributed by atoms with E-state index in [0.717, 1.165) is 29.1 Å². The number of halogens is 3. The van der Waals surface area contributed by atoms with Crippen molar-refractivity contribution in [1.29, 1.82) is 0 Å². The minimum Gasteiger partial charge on any atom is -0.406 e. The summed E-state index contributed by atoms with van der Waals surface area (Å²) < 4.78 is 41.1. The first-order valence-corrected chi connectivity index (χ1v) is 7.91. The first kappa shape index (κ1) is 19.8. The third-order valence-electron chi connectivity index (χ3n) is 3.70. The molecule has 3 aromatic rings. The second kappa shape index (κ2) is 7.58. The molecule has 29 heavy (non-hydrogen) atoms. The van der Waals surface area contributed by atoms with Crippen LogP contribution in [0.5, 0.6) is 5.75 Å². The van der Waals surface area contributed by atoms with E-state index in [0.29, 0.717) is 0 Å². The number of hydrogen-bond donors (Lipinski definition) is 1. The second-order valence-corrected chi connectivity index (χ2v) is 5.76. The lowest BCUT2D eigenvalue weighted by Crippen LogP contribution is -2.28. The van der Waals surface area contributed by atoms with Gasteiger partial charge < -0.3 is 10.1 Å². The van der Waals surface area contributed by atoms with Crippen LogP contribution in [0, 0.1) is 10.1 Å². The van der Waals surface area contributed by atoms with Gasteiger partial charge in [-0.05, 0) is 30.3 Å². The van der Waals surface area contributed by atoms with Gasteiger partial charge in [0.2, 0.25) is 5.91 Å². The standard InChI is InChI=1S/C17H11F3N4O5/c18-17(19,20)29-12-4-1-10(2-5-12)22-15(25)8-23-9-21-14-6-3-11(24(27)28)7-13(14)16(23)26/h1-7,9H,8H2,(H,22,25). The van der Waals surface area contributed by atoms with Crippen LogP contribution in [0.4, 0.5) is 24.5 Å². The van der Waals surface area contributed by atoms with Gasteiger partial charge in [-0.25, -0.2) is 4.98 Å². The van der Waals surface area contributed by atoms with Crippen LogP contribution in [0.15, 0.2) is 53.6 Å². The Bertz CT molecular complexity index is 1140. The van der Waals surface area contributed by atoms with Gasteiger partial charge in [0.05, 0.1) is 22.2 Å². The van der Waals surface area contributed by atoms with Gasteiger partial charge in [0.1, 0.15) is 12.3 Å². The average Bonchev–Trinajstić information content (AvgIpc) is 2.64. The monoisotopic (exact) mass is 408 g/mol. The zero-order valence-electron chi connectivity index (χ0n) is 14.3. The number of carbonyl (C=O) groups is 1. The highest BCUT2D eigenvalue weighted by molar-refractivity contribution is 5.90. The summed E-state index contributed by atoms with van der Waals surface area (Å²) in [7, 11) is 0. The van der Waals surface area contributed by atoms with Crippen LogP contribution in [0.25, 0.3) is 10.9 Å². The van der Waals surface area contributed by atoms with Crippen molar-refractivity contribution in [2.75, 3.05) is 5.32 Å². The number of anilines is 1. The number of non-ortho nitro benzene ring substituents is 1. The van der Waals surface area contributed by atoms with Gasteiger partial charge in [-0.1, -0.05) is 0 Å². The SMILES string of the molecule is O=C(Cn1cnc2ccc([N+](=O)[O-])cc2c1=O)Nc1ccc(OC(F)(F)F)cc1. The van der Waals surface area contributed by atoms with Crippen LogP contribution in [-0.2, 0) is 11.3 Å². The zero-order valence-corrected chi connectivity index (χ0v) is 14.3. The Morgan fingerprint density at radius 2 is 1.90 bits per heavy atom. The summed E-state index contributed by atoms with van der Waals surface area (Å²) in [6, 6.07) is 8.03. The lowest BCUT2D eigenvalue weighted by molar-refractivity contribution is -0.384. The van der Waals surface area contributed by atoms with Gasteiger partial charge in [0, 0.05) is 17.8 Å². The van der Waals surface area contributed by atoms with Gasteiger partial charge in [0.15, 0.2) is 0 Å². The van der Waals surface area contributed by atoms with E-state index in [-0.39, 0.29) is 22.3 Å². The number of rotatable bonds is 5. The van der Waals surface area contributed by atoms with E-state index in [1.165, 1.54) is 24.3 Å². The Morgan fingerprint density at radius 1 is 1.21 bits per heavy atom. The fraction of sp³-hybridized carbons (Fsp3) is 0.118. The van der Waals surface area contributed by atoms with E-state index in [2.05, 4.69) is 15.0 Å². The van der Waals surface area contributed by atoms with Crippen LogP contribution in [0.1, 0.15) is 0 Å². The van der Waals surface area contributed by atoms with E-state index >= 15 is 0 Å². The molecule has 150 valence electrons. The zero-order chi connectivity index (χ0) is 21.2. The first-order chi connectivity index (χ1) is 13.6. The smallest absolute Gasteiger partial charge is 0.406 e. The largest absolute Gasteiger partial charge is 0.573 e. The molecular weight excluding hydrogens is 397 g/mol. The van der Waals surface area contributed by atoms with E-state index in [1.54, 1.807) is 0 Å². The van der Waals surface area contributed by atoms with E-state index in [1.807, 2.05) is 0 Å². The normalized spacial score (nSPS) is 11.3. The average molecular weight is 408 g/mol. The first-order valence-electron chi connectivity index (χ1n) is 7.91. The number of nitrogens with zero attached hydrogens (tertiary/aromatic N) is 3. The fourth-order valence-corrected chi connectivity index (χ4v) is 2.47. The van der Waals surface area contributed by atoms with Crippen molar-refractivity contribution in [2.24, 2.45) is 0 Å². The molecular formula is C17H11F3N4O5. The highest BCUT2D eigenvalue weighted by Crippen LogP contribution is 2.24. The molecule has 0 spiro atoms. The molecule has 1 amide bonds. The minimum atomic E-state index is -4.83. The molecule has 0 aliphatic heterocycles. The maximum absolute atomic E-state index is 12.5. The number of alkyl halides is 3. The Morgan fingerprint density at radius 3 is 2.52 bits per heavy atom. The lowest BCUT2D eigenvalue weighted by atomic mass is 10.2. The van der Waals surface area contributed by atoms with Crippen molar-refractivity contribution in [3.63, 3.8) is 0 Å². The third kappa shape index (κ3) is 4.86. The van der Waals surface area contributed by atoms with Gasteiger partial charge in [-0.3, -0.25) is 24.3 Å². The summed E-state index contributed by atoms with van der Waals surface area (Å²) in [5.74, 6) is -1.10. The summed E-state index contributed by atoms with van der Waals surface area (Å²) in [4.78, 5) is 38.8. The molecule has 1 N–H and O–H groups in total. The number of amides is 1. The van der Waals surface area contributed by atoms with Crippen molar-refractivity contribution < 1.29 is 27.6 Å². The molecule has 1 heterocycles. The van der Waals surface area contributed by atoms with Gasteiger partial charge in [-0.2, -0.15) is 0 Å². The molecule has 0 fully saturated rings. The van der Waals surface area contributed by atoms with Crippen molar-refractivity contribution in [3.05, 3.63) is 69.3 Å². The van der Waals surface area contributed by atoms with Gasteiger partial charge in [-0.15, -0.1) is 13.2 Å².